The molecule has 3 aromatic rings. The molecule has 8 nitrogen and oxygen atoms in total. The number of likely N-dealkylation sites (N-methyl/N-ethyl adjacent to an activating group) is 1. The lowest BCUT2D eigenvalue weighted by molar-refractivity contribution is 0.0772. The lowest BCUT2D eigenvalue weighted by atomic mass is 10.00. The van der Waals surface area contributed by atoms with E-state index in [2.05, 4.69) is 14.7 Å². The molecule has 1 amide bonds. The van der Waals surface area contributed by atoms with Crippen LogP contribution in [-0.2, 0) is 10.0 Å². The summed E-state index contributed by atoms with van der Waals surface area (Å²) in [6.07, 6.45) is 0. The van der Waals surface area contributed by atoms with Crippen molar-refractivity contribution in [2.45, 2.75) is 18.7 Å². The first kappa shape index (κ1) is 20.8. The monoisotopic (exact) mass is 438 g/mol. The molecule has 0 radical (unpaired) electrons. The number of carbonyl (C=O) groups excluding carboxylic acids is 1. The van der Waals surface area contributed by atoms with E-state index in [-0.39, 0.29) is 34.8 Å². The molecule has 9 heteroatoms. The van der Waals surface area contributed by atoms with E-state index in [0.717, 1.165) is 16.7 Å². The van der Waals surface area contributed by atoms with E-state index >= 15 is 0 Å². The Balaban J connectivity index is 1.86. The predicted molar refractivity (Wildman–Crippen MR) is 117 cm³/mol. The van der Waals surface area contributed by atoms with E-state index < -0.39 is 10.0 Å². The fourth-order valence-electron chi connectivity index (χ4n) is 3.48. The number of hydrogen-bond acceptors (Lipinski definition) is 6. The second-order valence-corrected chi connectivity index (χ2v) is 9.07. The lowest BCUT2D eigenvalue weighted by Crippen LogP contribution is -2.31. The average molecular weight is 439 g/mol. The maximum absolute atomic E-state index is 13.0. The van der Waals surface area contributed by atoms with Crippen molar-refractivity contribution < 1.29 is 17.9 Å². The number of hydrogen-bond donors (Lipinski definition) is 1. The number of nitrogens with one attached hydrogen (secondary N) is 1. The number of rotatable bonds is 1. The Morgan fingerprint density at radius 3 is 2.48 bits per heavy atom. The van der Waals surface area contributed by atoms with Gasteiger partial charge in [-0.05, 0) is 43.2 Å². The van der Waals surface area contributed by atoms with Gasteiger partial charge in [-0.3, -0.25) is 4.79 Å². The van der Waals surface area contributed by atoms with Gasteiger partial charge < -0.3 is 9.64 Å². The van der Waals surface area contributed by atoms with Crippen LogP contribution in [0.4, 0.5) is 5.95 Å². The summed E-state index contributed by atoms with van der Waals surface area (Å²) < 4.78 is 34.2. The van der Waals surface area contributed by atoms with Crippen molar-refractivity contribution in [2.24, 2.45) is 0 Å². The van der Waals surface area contributed by atoms with Gasteiger partial charge in [0.05, 0.1) is 17.1 Å². The van der Waals surface area contributed by atoms with Crippen LogP contribution in [0.15, 0.2) is 53.4 Å². The van der Waals surface area contributed by atoms with Crippen LogP contribution in [0.2, 0.25) is 0 Å². The maximum atomic E-state index is 13.0. The van der Waals surface area contributed by atoms with E-state index in [1.807, 2.05) is 32.0 Å². The number of aromatic nitrogens is 2. The summed E-state index contributed by atoms with van der Waals surface area (Å²) in [5.74, 6) is -0.175. The van der Waals surface area contributed by atoms with E-state index in [1.54, 1.807) is 19.2 Å². The van der Waals surface area contributed by atoms with E-state index in [0.29, 0.717) is 12.2 Å². The Labute approximate surface area is 181 Å². The van der Waals surface area contributed by atoms with E-state index in [1.165, 1.54) is 23.1 Å². The second-order valence-electron chi connectivity index (χ2n) is 7.39. The van der Waals surface area contributed by atoms with E-state index in [4.69, 9.17) is 4.74 Å². The van der Waals surface area contributed by atoms with Crippen molar-refractivity contribution in [2.75, 3.05) is 24.9 Å². The van der Waals surface area contributed by atoms with Gasteiger partial charge in [0.1, 0.15) is 6.61 Å². The number of anilines is 1. The largest absolute Gasteiger partial charge is 0.476 e. The normalized spacial score (nSPS) is 15.7. The van der Waals surface area contributed by atoms with Crippen molar-refractivity contribution in [3.63, 3.8) is 0 Å². The van der Waals surface area contributed by atoms with Gasteiger partial charge in [-0.2, -0.15) is 4.98 Å². The van der Waals surface area contributed by atoms with Gasteiger partial charge in [-0.25, -0.2) is 18.1 Å². The summed E-state index contributed by atoms with van der Waals surface area (Å²) in [7, 11) is -2.38. The Morgan fingerprint density at radius 2 is 1.74 bits per heavy atom. The fraction of sp³-hybridized carbons (Fsp3) is 0.227. The molecule has 0 aliphatic carbocycles. The first-order valence-corrected chi connectivity index (χ1v) is 11.2. The molecular weight excluding hydrogens is 416 g/mol. The molecule has 31 heavy (non-hydrogen) atoms. The van der Waals surface area contributed by atoms with Crippen LogP contribution >= 0.6 is 0 Å². The molecule has 0 saturated carbocycles. The molecule has 0 spiro atoms. The number of fused-ring (bicyclic) bond motifs is 4. The molecule has 0 atom stereocenters. The van der Waals surface area contributed by atoms with Crippen LogP contribution in [0.5, 0.6) is 5.88 Å². The highest BCUT2D eigenvalue weighted by Gasteiger charge is 2.22. The molecule has 1 aliphatic heterocycles. The summed E-state index contributed by atoms with van der Waals surface area (Å²) in [4.78, 5) is 22.8. The SMILES string of the molecule is Cc1cccc(C)c1-c1cc2nc(n1)NS(=O)(=O)c1cccc(c1)C(=O)N(C)CCO2. The summed E-state index contributed by atoms with van der Waals surface area (Å²) in [5.41, 5.74) is 3.69. The number of benzene rings is 2. The molecule has 2 heterocycles. The molecule has 4 bridgehead atoms. The maximum Gasteiger partial charge on any atom is 0.264 e. The first-order chi connectivity index (χ1) is 14.7. The van der Waals surface area contributed by atoms with Crippen LogP contribution < -0.4 is 9.46 Å². The summed E-state index contributed by atoms with van der Waals surface area (Å²) >= 11 is 0. The van der Waals surface area contributed by atoms with Crippen LogP contribution in [0.1, 0.15) is 21.5 Å². The smallest absolute Gasteiger partial charge is 0.264 e. The third-order valence-corrected chi connectivity index (χ3v) is 6.41. The van der Waals surface area contributed by atoms with Gasteiger partial charge >= 0.3 is 0 Å². The molecule has 1 aromatic heterocycles. The molecular formula is C22H22N4O4S. The highest BCUT2D eigenvalue weighted by Crippen LogP contribution is 2.29. The van der Waals surface area contributed by atoms with Crippen molar-refractivity contribution >= 4 is 21.9 Å². The molecule has 4 rings (SSSR count). The third kappa shape index (κ3) is 4.22. The van der Waals surface area contributed by atoms with Gasteiger partial charge in [0, 0.05) is 24.2 Å². The minimum Gasteiger partial charge on any atom is -0.476 e. The van der Waals surface area contributed by atoms with Crippen LogP contribution in [0.3, 0.4) is 0 Å². The van der Waals surface area contributed by atoms with Crippen LogP contribution in [-0.4, -0.2) is 49.4 Å². The molecule has 0 unspecified atom stereocenters. The van der Waals surface area contributed by atoms with Gasteiger partial charge in [0.15, 0.2) is 0 Å². The standard InChI is InChI=1S/C22H22N4O4S/c1-14-6-4-7-15(2)20(14)18-13-19-24-22(23-18)25-31(28,29)17-9-5-8-16(12-17)21(27)26(3)10-11-30-19/h4-9,12-13H,10-11H2,1-3H3,(H,23,24,25). The minimum absolute atomic E-state index is 0.0467. The molecule has 0 fully saturated rings. The van der Waals surface area contributed by atoms with Gasteiger partial charge in [-0.15, -0.1) is 0 Å². The number of amides is 1. The highest BCUT2D eigenvalue weighted by atomic mass is 32.2. The summed E-state index contributed by atoms with van der Waals surface area (Å²) in [6.45, 7) is 4.42. The number of nitrogens with zero attached hydrogens (tertiary/aromatic N) is 3. The van der Waals surface area contributed by atoms with Crippen molar-refractivity contribution in [3.05, 3.63) is 65.2 Å². The topological polar surface area (TPSA) is 101 Å². The number of sulfonamides is 1. The Bertz CT molecular complexity index is 1250. The van der Waals surface area contributed by atoms with Crippen molar-refractivity contribution in [3.8, 4) is 17.1 Å². The lowest BCUT2D eigenvalue weighted by Gasteiger charge is -2.17. The highest BCUT2D eigenvalue weighted by molar-refractivity contribution is 7.92. The van der Waals surface area contributed by atoms with Gasteiger partial charge in [-0.1, -0.05) is 24.3 Å². The Hall–Kier alpha value is -3.46. The molecule has 160 valence electrons. The second kappa shape index (κ2) is 7.99. The Kier molecular flexibility index (Phi) is 5.36. The average Bonchev–Trinajstić information content (AvgIpc) is 2.72. The summed E-state index contributed by atoms with van der Waals surface area (Å²) in [6, 6.07) is 13.4. The fourth-order valence-corrected chi connectivity index (χ4v) is 4.46. The number of carbonyl (C=O) groups is 1. The van der Waals surface area contributed by atoms with Gasteiger partial charge in [0.25, 0.3) is 15.9 Å². The first-order valence-electron chi connectivity index (χ1n) is 9.71. The van der Waals surface area contributed by atoms with Crippen LogP contribution in [0.25, 0.3) is 11.3 Å². The predicted octanol–water partition coefficient (Wildman–Crippen LogP) is 3.03. The van der Waals surface area contributed by atoms with Gasteiger partial charge in [0.2, 0.25) is 11.8 Å². The Morgan fingerprint density at radius 1 is 1.03 bits per heavy atom. The number of aryl methyl sites for hydroxylation is 2. The van der Waals surface area contributed by atoms with E-state index in [9.17, 15) is 13.2 Å². The van der Waals surface area contributed by atoms with Crippen molar-refractivity contribution in [1.29, 1.82) is 0 Å². The minimum atomic E-state index is -4.02. The third-order valence-electron chi connectivity index (χ3n) is 5.08. The quantitative estimate of drug-likeness (QED) is 0.627. The van der Waals surface area contributed by atoms with Crippen molar-refractivity contribution in [1.82, 2.24) is 14.9 Å². The molecule has 2 aromatic carbocycles. The summed E-state index contributed by atoms with van der Waals surface area (Å²) in [5, 5.41) is 0. The zero-order chi connectivity index (χ0) is 22.2. The van der Waals surface area contributed by atoms with Crippen LogP contribution in [0, 0.1) is 13.8 Å². The molecule has 0 saturated heterocycles. The number of ether oxygens (including phenoxy) is 1. The molecule has 1 aliphatic rings. The zero-order valence-electron chi connectivity index (χ0n) is 17.4. The zero-order valence-corrected chi connectivity index (χ0v) is 18.2. The molecule has 1 N–H and O–H groups in total.